The number of aliphatic hydroxyl groups excluding tert-OH is 1. The Morgan fingerprint density at radius 1 is 0.462 bits per heavy atom. The zero-order chi connectivity index (χ0) is 70.6. The number of carboxylic acid groups (broad SMARTS) is 4. The summed E-state index contributed by atoms with van der Waals surface area (Å²) in [5.74, 6) is -17.9. The quantitative estimate of drug-likeness (QED) is 0.0255. The summed E-state index contributed by atoms with van der Waals surface area (Å²) in [6, 6.07) is -17.5. The standard InChI is InChI=1S/C58H96N14O21/c1-28(2)24-36(66-47(81)31(7)62-55(89)46(30(5)6)70-48(82)32(60)15-18-43(75)76)51(85)63-33(12-8-9-21-59)49(83)67-37(25-29(3)4)52(86)65-35(17-20-45(79)80)56(90)71-22-10-14-41(71)54(88)68-38(26-42(61)74)57(91)72-23-11-13-40(72)53(87)64-34(16-19-44(77)78)50(84)69-39(27-73)58(92)93/h28-41,46,73H,8-27,59-60H2,1-7H3,(H2,61,74)(H,62,89)(H,63,85)(H,64,87)(H,65,86)(H,66,81)(H,67,83)(H,68,88)(H,69,84)(H,70,82)(H,75,76)(H,77,78)(H,79,80)(H,92,93)/t31-,32-,33-,34-,35-,36-,37-,38-,39-,40-,41-,46-/m0/s1. The highest BCUT2D eigenvalue weighted by Gasteiger charge is 2.44. The van der Waals surface area contributed by atoms with E-state index in [9.17, 15) is 97.1 Å². The number of nitrogens with one attached hydrogen (secondary N) is 9. The van der Waals surface area contributed by atoms with E-state index in [1.807, 2.05) is 5.32 Å². The highest BCUT2D eigenvalue weighted by atomic mass is 16.4. The molecule has 0 bridgehead atoms. The molecule has 0 aliphatic carbocycles. The van der Waals surface area contributed by atoms with Crippen molar-refractivity contribution in [2.45, 2.75) is 224 Å². The van der Waals surface area contributed by atoms with Gasteiger partial charge in [0.1, 0.15) is 66.5 Å². The van der Waals surface area contributed by atoms with E-state index in [2.05, 4.69) is 42.5 Å². The Morgan fingerprint density at radius 2 is 0.871 bits per heavy atom. The van der Waals surface area contributed by atoms with Crippen LogP contribution in [-0.2, 0) is 76.7 Å². The van der Waals surface area contributed by atoms with Gasteiger partial charge in [0.05, 0.1) is 19.1 Å². The molecule has 0 aromatic heterocycles. The van der Waals surface area contributed by atoms with Crippen LogP contribution in [0.3, 0.4) is 0 Å². The number of carbonyl (C=O) groups excluding carboxylic acids is 12. The number of primary amides is 1. The van der Waals surface area contributed by atoms with E-state index in [4.69, 9.17) is 22.3 Å². The summed E-state index contributed by atoms with van der Waals surface area (Å²) in [5.41, 5.74) is 17.1. The number of aliphatic carboxylic acids is 4. The van der Waals surface area contributed by atoms with Crippen molar-refractivity contribution < 1.29 is 102 Å². The van der Waals surface area contributed by atoms with E-state index in [0.717, 1.165) is 9.80 Å². The topological polar surface area (TPSA) is 567 Å². The Labute approximate surface area is 538 Å². The number of carboxylic acids is 4. The molecule has 35 heteroatoms. The molecule has 2 rings (SSSR count). The van der Waals surface area contributed by atoms with Crippen molar-refractivity contribution in [3.63, 3.8) is 0 Å². The van der Waals surface area contributed by atoms with Crippen molar-refractivity contribution in [3.05, 3.63) is 0 Å². The van der Waals surface area contributed by atoms with Gasteiger partial charge in [-0.05, 0) is 108 Å². The lowest BCUT2D eigenvalue weighted by Gasteiger charge is -2.32. The fraction of sp³-hybridized carbons (Fsp3) is 0.724. The normalized spacial score (nSPS) is 17.8. The van der Waals surface area contributed by atoms with Gasteiger partial charge >= 0.3 is 23.9 Å². The number of nitrogens with two attached hydrogens (primary N) is 3. The molecule has 0 radical (unpaired) electrons. The average molecular weight is 1330 g/mol. The molecule has 2 saturated heterocycles. The number of amides is 12. The molecule has 2 aliphatic heterocycles. The minimum Gasteiger partial charge on any atom is -0.481 e. The second-order valence-corrected chi connectivity index (χ2v) is 24.4. The Kier molecular flexibility index (Phi) is 34.4. The number of likely N-dealkylation sites (tertiary alicyclic amines) is 2. The summed E-state index contributed by atoms with van der Waals surface area (Å²) in [6.07, 6.45) is -2.98. The van der Waals surface area contributed by atoms with E-state index in [1.165, 1.54) is 6.92 Å². The van der Waals surface area contributed by atoms with Gasteiger partial charge in [0.15, 0.2) is 0 Å². The van der Waals surface area contributed by atoms with Crippen molar-refractivity contribution >= 4 is 94.8 Å². The summed E-state index contributed by atoms with van der Waals surface area (Å²) < 4.78 is 0. The van der Waals surface area contributed by atoms with Crippen molar-refractivity contribution in [2.75, 3.05) is 26.2 Å². The van der Waals surface area contributed by atoms with Gasteiger partial charge in [-0.25, -0.2) is 4.79 Å². The van der Waals surface area contributed by atoms with Crippen LogP contribution in [0.15, 0.2) is 0 Å². The molecule has 12 amide bonds. The smallest absolute Gasteiger partial charge is 0.328 e. The predicted molar refractivity (Wildman–Crippen MR) is 326 cm³/mol. The fourth-order valence-corrected chi connectivity index (χ4v) is 10.3. The van der Waals surface area contributed by atoms with Crippen molar-refractivity contribution in [3.8, 4) is 0 Å². The van der Waals surface area contributed by atoms with Gasteiger partial charge < -0.3 is 100 Å². The lowest BCUT2D eigenvalue weighted by atomic mass is 9.99. The van der Waals surface area contributed by atoms with Gasteiger partial charge in [-0.2, -0.15) is 0 Å². The minimum absolute atomic E-state index is 0.0266. The Balaban J connectivity index is 2.40. The summed E-state index contributed by atoms with van der Waals surface area (Å²) in [5, 5.41) is 69.0. The molecule has 0 aromatic carbocycles. The third kappa shape index (κ3) is 27.6. The monoisotopic (exact) mass is 1320 g/mol. The van der Waals surface area contributed by atoms with E-state index in [-0.39, 0.29) is 89.3 Å². The molecule has 2 fully saturated rings. The Morgan fingerprint density at radius 3 is 1.31 bits per heavy atom. The van der Waals surface area contributed by atoms with Crippen LogP contribution in [0, 0.1) is 17.8 Å². The first-order chi connectivity index (χ1) is 43.5. The van der Waals surface area contributed by atoms with E-state index in [1.54, 1.807) is 41.5 Å². The average Bonchev–Trinajstić information content (AvgIpc) is 1.75. The zero-order valence-corrected chi connectivity index (χ0v) is 53.7. The van der Waals surface area contributed by atoms with E-state index in [0.29, 0.717) is 6.42 Å². The predicted octanol–water partition coefficient (Wildman–Crippen LogP) is -4.90. The van der Waals surface area contributed by atoms with Gasteiger partial charge in [-0.15, -0.1) is 0 Å². The first kappa shape index (κ1) is 80.5. The first-order valence-electron chi connectivity index (χ1n) is 31.1. The zero-order valence-electron chi connectivity index (χ0n) is 53.7. The lowest BCUT2D eigenvalue weighted by Crippen LogP contribution is -2.61. The summed E-state index contributed by atoms with van der Waals surface area (Å²) in [4.78, 5) is 213. The van der Waals surface area contributed by atoms with Crippen LogP contribution in [0.2, 0.25) is 0 Å². The second kappa shape index (κ2) is 39.7. The molecule has 0 aromatic rings. The first-order valence-corrected chi connectivity index (χ1v) is 31.1. The van der Waals surface area contributed by atoms with Crippen LogP contribution in [-0.4, -0.2) is 229 Å². The van der Waals surface area contributed by atoms with Crippen molar-refractivity contribution in [1.82, 2.24) is 57.7 Å². The van der Waals surface area contributed by atoms with Crippen LogP contribution >= 0.6 is 0 Å². The third-order valence-corrected chi connectivity index (χ3v) is 15.3. The summed E-state index contributed by atoms with van der Waals surface area (Å²) >= 11 is 0. The van der Waals surface area contributed by atoms with Crippen LogP contribution in [0.1, 0.15) is 151 Å². The number of unbranched alkanes of at least 4 members (excludes halogenated alkanes) is 1. The number of hydrogen-bond acceptors (Lipinski definition) is 19. The molecule has 2 heterocycles. The van der Waals surface area contributed by atoms with Gasteiger partial charge in [-0.1, -0.05) is 41.5 Å². The molecule has 0 unspecified atom stereocenters. The van der Waals surface area contributed by atoms with E-state index >= 15 is 0 Å². The SMILES string of the molecule is CC(C)C[C@H](NC(=O)[C@H](C)NC(=O)[C@@H](NC(=O)[C@@H](N)CCC(=O)O)C(C)C)C(=O)N[C@@H](CCCCN)C(=O)N[C@@H](CC(C)C)C(=O)N[C@@H](CCC(=O)O)C(=O)N1CCC[C@H]1C(=O)N[C@@H](CC(N)=O)C(=O)N1CCC[C@H]1C(=O)N[C@@H](CCC(=O)O)C(=O)N[C@@H](CO)C(=O)O. The molecule has 35 nitrogen and oxygen atoms in total. The summed E-state index contributed by atoms with van der Waals surface area (Å²) in [6.45, 7) is 10.4. The molecule has 0 saturated carbocycles. The molecule has 2 aliphatic rings. The van der Waals surface area contributed by atoms with Crippen molar-refractivity contribution in [1.29, 1.82) is 0 Å². The number of rotatable bonds is 42. The van der Waals surface area contributed by atoms with Crippen LogP contribution in [0.5, 0.6) is 0 Å². The second-order valence-electron chi connectivity index (χ2n) is 24.4. The number of hydrogen-bond donors (Lipinski definition) is 17. The fourth-order valence-electron chi connectivity index (χ4n) is 10.3. The molecule has 524 valence electrons. The van der Waals surface area contributed by atoms with Gasteiger partial charge in [-0.3, -0.25) is 71.9 Å². The molecular formula is C58H96N14O21. The maximum Gasteiger partial charge on any atom is 0.328 e. The number of aliphatic hydroxyl groups is 1. The summed E-state index contributed by atoms with van der Waals surface area (Å²) in [7, 11) is 0. The largest absolute Gasteiger partial charge is 0.481 e. The Hall–Kier alpha value is -8.60. The molecule has 20 N–H and O–H groups in total. The molecule has 0 spiro atoms. The number of carbonyl (C=O) groups is 16. The molecule has 93 heavy (non-hydrogen) atoms. The maximum absolute atomic E-state index is 14.6. The van der Waals surface area contributed by atoms with Crippen LogP contribution in [0.25, 0.3) is 0 Å². The molecular weight excluding hydrogens is 1230 g/mol. The number of nitrogens with zero attached hydrogens (tertiary/aromatic N) is 2. The van der Waals surface area contributed by atoms with Crippen molar-refractivity contribution in [2.24, 2.45) is 35.0 Å². The lowest BCUT2D eigenvalue weighted by molar-refractivity contribution is -0.146. The minimum atomic E-state index is -1.82. The molecule has 12 atom stereocenters. The highest BCUT2D eigenvalue weighted by Crippen LogP contribution is 2.24. The Bertz CT molecular complexity index is 2680. The third-order valence-electron chi connectivity index (χ3n) is 15.3. The van der Waals surface area contributed by atoms with Gasteiger partial charge in [0.25, 0.3) is 0 Å². The maximum atomic E-state index is 14.6. The van der Waals surface area contributed by atoms with Gasteiger partial charge in [0, 0.05) is 32.4 Å². The van der Waals surface area contributed by atoms with E-state index < -0.39 is 218 Å². The van der Waals surface area contributed by atoms with Crippen LogP contribution < -0.4 is 65.1 Å². The van der Waals surface area contributed by atoms with Gasteiger partial charge in [0.2, 0.25) is 70.9 Å². The van der Waals surface area contributed by atoms with Crippen LogP contribution in [0.4, 0.5) is 0 Å². The highest BCUT2D eigenvalue weighted by molar-refractivity contribution is 6.00.